The van der Waals surface area contributed by atoms with E-state index >= 15 is 0 Å². The molecule has 1 aliphatic heterocycles. The lowest BCUT2D eigenvalue weighted by molar-refractivity contribution is -0.131. The van der Waals surface area contributed by atoms with Gasteiger partial charge in [-0.1, -0.05) is 6.92 Å². The monoisotopic (exact) mass is 324 g/mol. The van der Waals surface area contributed by atoms with Gasteiger partial charge in [0.15, 0.2) is 0 Å². The molecule has 0 aromatic carbocycles. The molecule has 24 heavy (non-hydrogen) atoms. The van der Waals surface area contributed by atoms with Crippen molar-refractivity contribution < 1.29 is 13.6 Å². The zero-order valence-electron chi connectivity index (χ0n) is 13.8. The second-order valence-corrected chi connectivity index (χ2v) is 6.65. The standard InChI is InChI=1S/C19H20N2O3/c1-12-9-14(11-15-5-3-7-23-15)18-16(10-12)19(17-6-4-8-24-17)21(20-18)13(2)22/h3-8,11-12,16,19H,9-10H2,1-2H3/b14-11+/t12-,16-,19-/m0/s1. The first-order valence-corrected chi connectivity index (χ1v) is 8.29. The van der Waals surface area contributed by atoms with Crippen LogP contribution in [0.3, 0.4) is 0 Å². The van der Waals surface area contributed by atoms with Crippen LogP contribution < -0.4 is 0 Å². The minimum Gasteiger partial charge on any atom is -0.467 e. The highest BCUT2D eigenvalue weighted by Crippen LogP contribution is 2.46. The van der Waals surface area contributed by atoms with E-state index in [-0.39, 0.29) is 17.9 Å². The molecule has 4 rings (SSSR count). The van der Waals surface area contributed by atoms with E-state index in [1.54, 1.807) is 24.5 Å². The highest BCUT2D eigenvalue weighted by atomic mass is 16.3. The third kappa shape index (κ3) is 2.50. The van der Waals surface area contributed by atoms with Crippen LogP contribution in [0, 0.1) is 11.8 Å². The van der Waals surface area contributed by atoms with E-state index in [1.165, 1.54) is 0 Å². The Kier molecular flexibility index (Phi) is 3.63. The van der Waals surface area contributed by atoms with Gasteiger partial charge < -0.3 is 8.83 Å². The van der Waals surface area contributed by atoms with Crippen molar-refractivity contribution >= 4 is 17.7 Å². The van der Waals surface area contributed by atoms with Gasteiger partial charge in [-0.05, 0) is 54.7 Å². The first-order chi connectivity index (χ1) is 11.6. The lowest BCUT2D eigenvalue weighted by Crippen LogP contribution is -2.32. The maximum absolute atomic E-state index is 12.1. The second-order valence-electron chi connectivity index (χ2n) is 6.65. The summed E-state index contributed by atoms with van der Waals surface area (Å²) in [5.41, 5.74) is 2.13. The van der Waals surface area contributed by atoms with Crippen LogP contribution >= 0.6 is 0 Å². The molecule has 3 atom stereocenters. The molecule has 1 saturated carbocycles. The van der Waals surface area contributed by atoms with Crippen LogP contribution in [0.15, 0.2) is 56.3 Å². The SMILES string of the molecule is CC(=O)N1N=C2/C(=C/c3ccco3)C[C@H](C)C[C@@H]2[C@H]1c1ccco1. The molecule has 0 bridgehead atoms. The smallest absolute Gasteiger partial charge is 0.240 e. The van der Waals surface area contributed by atoms with Crippen LogP contribution in [0.2, 0.25) is 0 Å². The number of hydrogen-bond donors (Lipinski definition) is 0. The molecule has 2 aromatic heterocycles. The van der Waals surface area contributed by atoms with E-state index < -0.39 is 0 Å². The number of allylic oxidation sites excluding steroid dienone is 1. The average Bonchev–Trinajstić information content (AvgIpc) is 3.26. The quantitative estimate of drug-likeness (QED) is 0.829. The fourth-order valence-corrected chi connectivity index (χ4v) is 3.83. The molecule has 1 amide bonds. The summed E-state index contributed by atoms with van der Waals surface area (Å²) in [6.07, 6.45) is 7.29. The van der Waals surface area contributed by atoms with Crippen LogP contribution in [0.4, 0.5) is 0 Å². The van der Waals surface area contributed by atoms with Crippen molar-refractivity contribution in [1.29, 1.82) is 0 Å². The van der Waals surface area contributed by atoms with Gasteiger partial charge in [-0.2, -0.15) is 5.10 Å². The Hall–Kier alpha value is -2.56. The summed E-state index contributed by atoms with van der Waals surface area (Å²) in [6.45, 7) is 3.79. The molecule has 2 aromatic rings. The minimum atomic E-state index is -0.157. The van der Waals surface area contributed by atoms with Gasteiger partial charge in [0.25, 0.3) is 0 Å². The molecule has 1 fully saturated rings. The molecule has 0 saturated heterocycles. The van der Waals surface area contributed by atoms with E-state index in [9.17, 15) is 4.79 Å². The highest BCUT2D eigenvalue weighted by Gasteiger charge is 2.45. The Bertz CT molecular complexity index is 787. The van der Waals surface area contributed by atoms with Gasteiger partial charge in [-0.15, -0.1) is 0 Å². The van der Waals surface area contributed by atoms with Gasteiger partial charge in [0.2, 0.25) is 5.91 Å². The third-order valence-electron chi connectivity index (χ3n) is 4.78. The van der Waals surface area contributed by atoms with E-state index in [2.05, 4.69) is 12.0 Å². The number of carbonyl (C=O) groups is 1. The van der Waals surface area contributed by atoms with Crippen LogP contribution in [-0.2, 0) is 4.79 Å². The Morgan fingerprint density at radius 3 is 2.75 bits per heavy atom. The summed E-state index contributed by atoms with van der Waals surface area (Å²) in [5, 5.41) is 6.25. The molecule has 1 aliphatic carbocycles. The summed E-state index contributed by atoms with van der Waals surface area (Å²) in [4.78, 5) is 12.1. The van der Waals surface area contributed by atoms with Crippen LogP contribution in [-0.4, -0.2) is 16.6 Å². The van der Waals surface area contributed by atoms with Crippen molar-refractivity contribution in [2.45, 2.75) is 32.7 Å². The molecule has 0 unspecified atom stereocenters. The number of rotatable bonds is 2. The molecule has 0 radical (unpaired) electrons. The van der Waals surface area contributed by atoms with Gasteiger partial charge in [-0.25, -0.2) is 5.01 Å². The zero-order chi connectivity index (χ0) is 16.7. The number of carbonyl (C=O) groups excluding carboxylic acids is 1. The Labute approximate surface area is 140 Å². The van der Waals surface area contributed by atoms with Crippen molar-refractivity contribution in [2.75, 3.05) is 0 Å². The highest BCUT2D eigenvalue weighted by molar-refractivity contribution is 6.07. The average molecular weight is 324 g/mol. The molecule has 5 heteroatoms. The van der Waals surface area contributed by atoms with E-state index in [0.29, 0.717) is 5.92 Å². The van der Waals surface area contributed by atoms with Crippen molar-refractivity contribution in [3.63, 3.8) is 0 Å². The normalized spacial score (nSPS) is 28.1. The predicted molar refractivity (Wildman–Crippen MR) is 90.0 cm³/mol. The third-order valence-corrected chi connectivity index (χ3v) is 4.78. The summed E-state index contributed by atoms with van der Waals surface area (Å²) < 4.78 is 11.1. The number of hydrazone groups is 1. The molecular formula is C19H20N2O3. The summed E-state index contributed by atoms with van der Waals surface area (Å²) in [7, 11) is 0. The molecule has 0 spiro atoms. The largest absolute Gasteiger partial charge is 0.467 e. The number of nitrogens with zero attached hydrogens (tertiary/aromatic N) is 2. The number of hydrogen-bond acceptors (Lipinski definition) is 4. The van der Waals surface area contributed by atoms with Crippen molar-refractivity contribution in [1.82, 2.24) is 5.01 Å². The first-order valence-electron chi connectivity index (χ1n) is 8.29. The molecule has 3 heterocycles. The van der Waals surface area contributed by atoms with Gasteiger partial charge in [-0.3, -0.25) is 4.79 Å². The van der Waals surface area contributed by atoms with Gasteiger partial charge in [0.05, 0.1) is 18.2 Å². The number of fused-ring (bicyclic) bond motifs is 1. The number of amides is 1. The Morgan fingerprint density at radius 1 is 1.29 bits per heavy atom. The molecule has 5 nitrogen and oxygen atoms in total. The lowest BCUT2D eigenvalue weighted by Gasteiger charge is -2.30. The summed E-state index contributed by atoms with van der Waals surface area (Å²) in [6, 6.07) is 7.44. The van der Waals surface area contributed by atoms with Crippen LogP contribution in [0.5, 0.6) is 0 Å². The van der Waals surface area contributed by atoms with Crippen LogP contribution in [0.25, 0.3) is 6.08 Å². The van der Waals surface area contributed by atoms with Crippen molar-refractivity contribution in [2.24, 2.45) is 16.9 Å². The van der Waals surface area contributed by atoms with E-state index in [4.69, 9.17) is 8.83 Å². The molecule has 124 valence electrons. The zero-order valence-corrected chi connectivity index (χ0v) is 13.8. The molecule has 0 N–H and O–H groups in total. The maximum atomic E-state index is 12.1. The topological polar surface area (TPSA) is 59.0 Å². The maximum Gasteiger partial charge on any atom is 0.240 e. The van der Waals surface area contributed by atoms with Gasteiger partial charge in [0, 0.05) is 12.8 Å². The number of furan rings is 2. The lowest BCUT2D eigenvalue weighted by atomic mass is 9.74. The van der Waals surface area contributed by atoms with E-state index in [1.807, 2.05) is 30.3 Å². The predicted octanol–water partition coefficient (Wildman–Crippen LogP) is 4.26. The minimum absolute atomic E-state index is 0.0664. The van der Waals surface area contributed by atoms with Crippen molar-refractivity contribution in [3.05, 3.63) is 53.9 Å². The van der Waals surface area contributed by atoms with Gasteiger partial charge in [0.1, 0.15) is 17.6 Å². The fraction of sp³-hybridized carbons (Fsp3) is 0.368. The molecular weight excluding hydrogens is 304 g/mol. The summed E-state index contributed by atoms with van der Waals surface area (Å²) in [5.74, 6) is 2.21. The fourth-order valence-electron chi connectivity index (χ4n) is 3.83. The van der Waals surface area contributed by atoms with Gasteiger partial charge >= 0.3 is 0 Å². The second kappa shape index (κ2) is 5.82. The van der Waals surface area contributed by atoms with E-state index in [0.717, 1.165) is 35.6 Å². The molecule has 2 aliphatic rings. The summed E-state index contributed by atoms with van der Waals surface area (Å²) >= 11 is 0. The first kappa shape index (κ1) is 15.0. The van der Waals surface area contributed by atoms with Crippen LogP contribution in [0.1, 0.15) is 44.3 Å². The van der Waals surface area contributed by atoms with Crippen molar-refractivity contribution in [3.8, 4) is 0 Å². The Morgan fingerprint density at radius 2 is 2.08 bits per heavy atom. The Balaban J connectivity index is 1.77.